The zero-order valence-corrected chi connectivity index (χ0v) is 12.7. The minimum absolute atomic E-state index is 0.819. The first kappa shape index (κ1) is 13.6. The molecule has 1 aliphatic heterocycles. The molecule has 0 spiro atoms. The van der Waals surface area contributed by atoms with Crippen LogP contribution in [-0.2, 0) is 13.1 Å². The van der Waals surface area contributed by atoms with E-state index in [1.54, 1.807) is 4.88 Å². The zero-order chi connectivity index (χ0) is 12.9. The van der Waals surface area contributed by atoms with Gasteiger partial charge in [-0.1, -0.05) is 19.3 Å². The van der Waals surface area contributed by atoms with Crippen LogP contribution in [0.25, 0.3) is 0 Å². The van der Waals surface area contributed by atoms with Gasteiger partial charge >= 0.3 is 0 Å². The molecular formula is C16H26N2S. The van der Waals surface area contributed by atoms with E-state index < -0.39 is 0 Å². The molecule has 1 aromatic heterocycles. The van der Waals surface area contributed by atoms with Crippen LogP contribution in [0.15, 0.2) is 12.1 Å². The Kier molecular flexibility index (Phi) is 4.91. The van der Waals surface area contributed by atoms with Crippen molar-refractivity contribution in [3.05, 3.63) is 21.9 Å². The van der Waals surface area contributed by atoms with Gasteiger partial charge in [-0.15, -0.1) is 11.3 Å². The van der Waals surface area contributed by atoms with Gasteiger partial charge in [0.1, 0.15) is 0 Å². The molecule has 1 aliphatic carbocycles. The first-order valence-electron chi connectivity index (χ1n) is 7.93. The highest BCUT2D eigenvalue weighted by atomic mass is 32.1. The Morgan fingerprint density at radius 2 is 1.68 bits per heavy atom. The molecule has 2 heterocycles. The van der Waals surface area contributed by atoms with Crippen LogP contribution in [0, 0.1) is 0 Å². The van der Waals surface area contributed by atoms with Crippen LogP contribution < -0.4 is 5.32 Å². The van der Waals surface area contributed by atoms with Gasteiger partial charge in [0.15, 0.2) is 0 Å². The fraction of sp³-hybridized carbons (Fsp3) is 0.750. The summed E-state index contributed by atoms with van der Waals surface area (Å²) in [6, 6.07) is 5.48. The molecular weight excluding hydrogens is 252 g/mol. The van der Waals surface area contributed by atoms with E-state index in [0.29, 0.717) is 0 Å². The summed E-state index contributed by atoms with van der Waals surface area (Å²) in [5, 5.41) is 3.60. The van der Waals surface area contributed by atoms with Crippen LogP contribution in [0.3, 0.4) is 0 Å². The summed E-state index contributed by atoms with van der Waals surface area (Å²) in [5.74, 6) is 0. The number of hydrogen-bond acceptors (Lipinski definition) is 3. The van der Waals surface area contributed by atoms with E-state index in [2.05, 4.69) is 22.3 Å². The molecule has 2 fully saturated rings. The van der Waals surface area contributed by atoms with E-state index >= 15 is 0 Å². The Balaban J connectivity index is 1.47. The van der Waals surface area contributed by atoms with Crippen molar-refractivity contribution in [3.63, 3.8) is 0 Å². The quantitative estimate of drug-likeness (QED) is 0.882. The largest absolute Gasteiger partial charge is 0.309 e. The minimum atomic E-state index is 0.819. The highest BCUT2D eigenvalue weighted by molar-refractivity contribution is 7.11. The molecule has 19 heavy (non-hydrogen) atoms. The summed E-state index contributed by atoms with van der Waals surface area (Å²) >= 11 is 2.00. The van der Waals surface area contributed by atoms with E-state index in [1.165, 1.54) is 69.5 Å². The molecule has 106 valence electrons. The van der Waals surface area contributed by atoms with Crippen LogP contribution in [0.4, 0.5) is 0 Å². The van der Waals surface area contributed by atoms with Crippen molar-refractivity contribution in [1.29, 1.82) is 0 Å². The smallest absolute Gasteiger partial charge is 0.0328 e. The number of nitrogens with zero attached hydrogens (tertiary/aromatic N) is 1. The lowest BCUT2D eigenvalue weighted by atomic mass is 10.1. The van der Waals surface area contributed by atoms with E-state index in [0.717, 1.165) is 12.6 Å². The normalized spacial score (nSPS) is 22.1. The second-order valence-electron chi connectivity index (χ2n) is 6.07. The zero-order valence-electron chi connectivity index (χ0n) is 11.9. The maximum Gasteiger partial charge on any atom is 0.0328 e. The highest BCUT2D eigenvalue weighted by Gasteiger charge is 2.20. The lowest BCUT2D eigenvalue weighted by Crippen LogP contribution is -2.26. The van der Waals surface area contributed by atoms with Crippen molar-refractivity contribution in [2.45, 2.75) is 64.1 Å². The molecule has 2 aliphatic rings. The molecule has 0 amide bonds. The minimum Gasteiger partial charge on any atom is -0.309 e. The number of thiophene rings is 1. The molecule has 1 N–H and O–H groups in total. The molecule has 0 radical (unpaired) electrons. The summed E-state index contributed by atoms with van der Waals surface area (Å²) in [6.07, 6.45) is 9.85. The molecule has 1 aromatic rings. The predicted molar refractivity (Wildman–Crippen MR) is 82.5 cm³/mol. The first-order valence-corrected chi connectivity index (χ1v) is 8.75. The Bertz CT molecular complexity index is 376. The summed E-state index contributed by atoms with van der Waals surface area (Å²) in [4.78, 5) is 5.71. The number of likely N-dealkylation sites (tertiary alicyclic amines) is 1. The third-order valence-electron chi connectivity index (χ3n) is 4.19. The van der Waals surface area contributed by atoms with Crippen molar-refractivity contribution in [1.82, 2.24) is 10.2 Å². The van der Waals surface area contributed by atoms with Crippen molar-refractivity contribution in [3.8, 4) is 0 Å². The van der Waals surface area contributed by atoms with Gasteiger partial charge in [-0.2, -0.15) is 0 Å². The van der Waals surface area contributed by atoms with Crippen LogP contribution in [0.5, 0.6) is 0 Å². The van der Waals surface area contributed by atoms with Gasteiger partial charge in [0, 0.05) is 28.9 Å². The first-order chi connectivity index (χ1) is 9.40. The van der Waals surface area contributed by atoms with Gasteiger partial charge in [0.25, 0.3) is 0 Å². The lowest BCUT2D eigenvalue weighted by Gasteiger charge is -2.23. The van der Waals surface area contributed by atoms with Gasteiger partial charge in [0.2, 0.25) is 0 Å². The van der Waals surface area contributed by atoms with Crippen LogP contribution in [-0.4, -0.2) is 24.0 Å². The fourth-order valence-electron chi connectivity index (χ4n) is 2.83. The van der Waals surface area contributed by atoms with Crippen molar-refractivity contribution < 1.29 is 0 Å². The van der Waals surface area contributed by atoms with Gasteiger partial charge in [-0.25, -0.2) is 0 Å². The Morgan fingerprint density at radius 1 is 1.00 bits per heavy atom. The third-order valence-corrected chi connectivity index (χ3v) is 5.26. The number of nitrogens with one attached hydrogen (secondary N) is 1. The second-order valence-corrected chi connectivity index (χ2v) is 7.32. The van der Waals surface area contributed by atoms with Crippen LogP contribution in [0.1, 0.15) is 54.7 Å². The lowest BCUT2D eigenvalue weighted by molar-refractivity contribution is 0.241. The third kappa shape index (κ3) is 4.59. The van der Waals surface area contributed by atoms with E-state index in [1.807, 2.05) is 11.3 Å². The van der Waals surface area contributed by atoms with E-state index in [4.69, 9.17) is 0 Å². The molecule has 1 saturated heterocycles. The van der Waals surface area contributed by atoms with Gasteiger partial charge in [-0.3, -0.25) is 4.90 Å². The Labute approximate surface area is 121 Å². The van der Waals surface area contributed by atoms with Crippen LogP contribution >= 0.6 is 11.3 Å². The van der Waals surface area contributed by atoms with Gasteiger partial charge < -0.3 is 5.32 Å². The molecule has 0 aromatic carbocycles. The topological polar surface area (TPSA) is 15.3 Å². The molecule has 0 bridgehead atoms. The van der Waals surface area contributed by atoms with Crippen LogP contribution in [0.2, 0.25) is 0 Å². The molecule has 1 saturated carbocycles. The Hall–Kier alpha value is -0.380. The second kappa shape index (κ2) is 6.87. The molecule has 0 unspecified atom stereocenters. The number of rotatable bonds is 5. The highest BCUT2D eigenvalue weighted by Crippen LogP contribution is 2.23. The standard InChI is InChI=1S/C16H26N2S/c1-2-4-10-18(11-5-3-1)13-16-9-8-15(19-16)12-17-14-6-7-14/h8-9,14,17H,1-7,10-13H2. The van der Waals surface area contributed by atoms with Crippen molar-refractivity contribution >= 4 is 11.3 Å². The average Bonchev–Trinajstić information content (AvgIpc) is 3.10. The maximum atomic E-state index is 3.60. The molecule has 2 nitrogen and oxygen atoms in total. The summed E-state index contributed by atoms with van der Waals surface area (Å²) in [5.41, 5.74) is 0. The summed E-state index contributed by atoms with van der Waals surface area (Å²) in [6.45, 7) is 4.85. The molecule has 0 atom stereocenters. The summed E-state index contributed by atoms with van der Waals surface area (Å²) in [7, 11) is 0. The Morgan fingerprint density at radius 3 is 2.42 bits per heavy atom. The fourth-order valence-corrected chi connectivity index (χ4v) is 3.84. The van der Waals surface area contributed by atoms with Crippen molar-refractivity contribution in [2.24, 2.45) is 0 Å². The van der Waals surface area contributed by atoms with E-state index in [-0.39, 0.29) is 0 Å². The average molecular weight is 278 g/mol. The van der Waals surface area contributed by atoms with E-state index in [9.17, 15) is 0 Å². The summed E-state index contributed by atoms with van der Waals surface area (Å²) < 4.78 is 0. The monoisotopic (exact) mass is 278 g/mol. The molecule has 3 heteroatoms. The maximum absolute atomic E-state index is 3.60. The van der Waals surface area contributed by atoms with Crippen molar-refractivity contribution in [2.75, 3.05) is 13.1 Å². The SMILES string of the molecule is c1cc(CN2CCCCCCC2)sc1CNC1CC1. The predicted octanol–water partition coefficient (Wildman–Crippen LogP) is 3.77. The van der Waals surface area contributed by atoms with Gasteiger partial charge in [-0.05, 0) is 50.9 Å². The molecule has 3 rings (SSSR count). The number of hydrogen-bond donors (Lipinski definition) is 1. The van der Waals surface area contributed by atoms with Gasteiger partial charge in [0.05, 0.1) is 0 Å².